The lowest BCUT2D eigenvalue weighted by Gasteiger charge is -2.41. The molecule has 0 aliphatic carbocycles. The predicted molar refractivity (Wildman–Crippen MR) is 107 cm³/mol. The Morgan fingerprint density at radius 1 is 0.778 bits per heavy atom. The van der Waals surface area contributed by atoms with Crippen LogP contribution in [0.4, 0.5) is 0 Å². The summed E-state index contributed by atoms with van der Waals surface area (Å²) in [4.78, 5) is 0. The first-order chi connectivity index (χ1) is 13.2. The van der Waals surface area contributed by atoms with Crippen LogP contribution in [0.1, 0.15) is 36.1 Å². The number of ether oxygens (including phenoxy) is 1. The number of benzene rings is 3. The Labute approximate surface area is 160 Å². The summed E-state index contributed by atoms with van der Waals surface area (Å²) in [5.41, 5.74) is 1.44. The van der Waals surface area contributed by atoms with Crippen LogP contribution in [0.5, 0.6) is 0 Å². The number of rotatable bonds is 8. The summed E-state index contributed by atoms with van der Waals surface area (Å²) in [6.45, 7) is 1.96. The van der Waals surface area contributed by atoms with Gasteiger partial charge in [0.1, 0.15) is 11.7 Å². The van der Waals surface area contributed by atoms with E-state index in [0.717, 1.165) is 16.7 Å². The van der Waals surface area contributed by atoms with E-state index in [1.54, 1.807) is 0 Å². The third-order valence-electron chi connectivity index (χ3n) is 4.83. The van der Waals surface area contributed by atoms with Gasteiger partial charge in [-0.25, -0.2) is 0 Å². The van der Waals surface area contributed by atoms with Crippen LogP contribution in [0.2, 0.25) is 0 Å². The van der Waals surface area contributed by atoms with Crippen molar-refractivity contribution in [3.8, 4) is 0 Å². The van der Waals surface area contributed by atoms with Crippen LogP contribution < -0.4 is 0 Å². The Bertz CT molecular complexity index is 763. The molecule has 140 valence electrons. The zero-order valence-corrected chi connectivity index (χ0v) is 15.5. The van der Waals surface area contributed by atoms with Crippen LogP contribution >= 0.6 is 0 Å². The molecule has 0 aliphatic rings. The zero-order valence-electron chi connectivity index (χ0n) is 15.5. The van der Waals surface area contributed by atoms with Gasteiger partial charge in [0.05, 0.1) is 6.10 Å². The molecular weight excluding hydrogens is 336 g/mol. The van der Waals surface area contributed by atoms with Crippen molar-refractivity contribution < 1.29 is 14.9 Å². The summed E-state index contributed by atoms with van der Waals surface area (Å²) < 4.78 is 6.56. The van der Waals surface area contributed by atoms with Crippen molar-refractivity contribution in [3.63, 3.8) is 0 Å². The normalized spacial score (nSPS) is 13.9. The summed E-state index contributed by atoms with van der Waals surface area (Å²) in [7, 11) is 0. The predicted octanol–water partition coefficient (Wildman–Crippen LogP) is 4.45. The Morgan fingerprint density at radius 3 is 1.67 bits per heavy atom. The molecule has 0 spiro atoms. The molecule has 0 fully saturated rings. The van der Waals surface area contributed by atoms with Gasteiger partial charge in [0, 0.05) is 6.61 Å². The molecule has 0 heterocycles. The fraction of sp³-hybridized carbons (Fsp3) is 0.250. The number of hydrogen-bond donors (Lipinski definition) is 2. The monoisotopic (exact) mass is 362 g/mol. The largest absolute Gasteiger partial charge is 0.396 e. The lowest BCUT2D eigenvalue weighted by molar-refractivity contribution is -0.139. The SMILES string of the molecule is CC(CCO)OC(c1ccccc1)(c1ccccc1)[C@@H](O)c1ccccc1. The number of aliphatic hydroxyl groups is 2. The molecule has 2 N–H and O–H groups in total. The lowest BCUT2D eigenvalue weighted by Crippen LogP contribution is -2.41. The molecule has 3 aromatic carbocycles. The van der Waals surface area contributed by atoms with Gasteiger partial charge in [-0.15, -0.1) is 0 Å². The van der Waals surface area contributed by atoms with Gasteiger partial charge in [0.2, 0.25) is 0 Å². The molecule has 3 aromatic rings. The number of hydrogen-bond acceptors (Lipinski definition) is 3. The summed E-state index contributed by atoms with van der Waals surface area (Å²) in [5.74, 6) is 0. The fourth-order valence-electron chi connectivity index (χ4n) is 3.48. The highest BCUT2D eigenvalue weighted by Gasteiger charge is 2.44. The van der Waals surface area contributed by atoms with Crippen LogP contribution in [0.3, 0.4) is 0 Å². The average Bonchev–Trinajstić information content (AvgIpc) is 2.73. The molecule has 1 unspecified atom stereocenters. The lowest BCUT2D eigenvalue weighted by atomic mass is 9.78. The highest BCUT2D eigenvalue weighted by molar-refractivity contribution is 5.41. The van der Waals surface area contributed by atoms with E-state index in [2.05, 4.69) is 0 Å². The van der Waals surface area contributed by atoms with E-state index in [9.17, 15) is 10.2 Å². The molecule has 0 bridgehead atoms. The van der Waals surface area contributed by atoms with Gasteiger partial charge in [-0.3, -0.25) is 0 Å². The van der Waals surface area contributed by atoms with Crippen LogP contribution in [0.25, 0.3) is 0 Å². The van der Waals surface area contributed by atoms with E-state index in [-0.39, 0.29) is 12.7 Å². The van der Waals surface area contributed by atoms with E-state index in [1.807, 2.05) is 97.9 Å². The summed E-state index contributed by atoms with van der Waals surface area (Å²) in [5, 5.41) is 21.0. The van der Waals surface area contributed by atoms with Gasteiger partial charge in [0.25, 0.3) is 0 Å². The Kier molecular flexibility index (Phi) is 6.40. The van der Waals surface area contributed by atoms with Gasteiger partial charge in [0.15, 0.2) is 0 Å². The van der Waals surface area contributed by atoms with Crippen molar-refractivity contribution in [2.24, 2.45) is 0 Å². The second kappa shape index (κ2) is 8.96. The fourth-order valence-corrected chi connectivity index (χ4v) is 3.48. The van der Waals surface area contributed by atoms with Crippen molar-refractivity contribution >= 4 is 0 Å². The topological polar surface area (TPSA) is 49.7 Å². The second-order valence-corrected chi connectivity index (χ2v) is 6.72. The smallest absolute Gasteiger partial charge is 0.148 e. The zero-order chi connectivity index (χ0) is 19.1. The van der Waals surface area contributed by atoms with Gasteiger partial charge >= 0.3 is 0 Å². The highest BCUT2D eigenvalue weighted by Crippen LogP contribution is 2.45. The van der Waals surface area contributed by atoms with Crippen molar-refractivity contribution in [1.82, 2.24) is 0 Å². The van der Waals surface area contributed by atoms with E-state index in [1.165, 1.54) is 0 Å². The summed E-state index contributed by atoms with van der Waals surface area (Å²) in [6.07, 6.45) is -0.665. The van der Waals surface area contributed by atoms with Crippen LogP contribution in [0, 0.1) is 0 Å². The van der Waals surface area contributed by atoms with Gasteiger partial charge in [-0.1, -0.05) is 91.0 Å². The third kappa shape index (κ3) is 4.11. The van der Waals surface area contributed by atoms with Crippen molar-refractivity contribution in [2.75, 3.05) is 6.61 Å². The minimum absolute atomic E-state index is 0.0300. The summed E-state index contributed by atoms with van der Waals surface area (Å²) >= 11 is 0. The molecule has 0 aliphatic heterocycles. The maximum Gasteiger partial charge on any atom is 0.148 e. The van der Waals surface area contributed by atoms with E-state index >= 15 is 0 Å². The first-order valence-electron chi connectivity index (χ1n) is 9.31. The Hall–Kier alpha value is -2.46. The third-order valence-corrected chi connectivity index (χ3v) is 4.83. The highest BCUT2D eigenvalue weighted by atomic mass is 16.5. The van der Waals surface area contributed by atoms with E-state index < -0.39 is 11.7 Å². The maximum atomic E-state index is 11.6. The molecule has 0 amide bonds. The Morgan fingerprint density at radius 2 is 1.22 bits per heavy atom. The molecule has 0 saturated heterocycles. The van der Waals surface area contributed by atoms with Crippen molar-refractivity contribution in [2.45, 2.75) is 31.2 Å². The maximum absolute atomic E-state index is 11.6. The first-order valence-corrected chi connectivity index (χ1v) is 9.31. The molecule has 2 atom stereocenters. The molecule has 27 heavy (non-hydrogen) atoms. The molecule has 3 nitrogen and oxygen atoms in total. The van der Waals surface area contributed by atoms with Gasteiger partial charge in [-0.2, -0.15) is 0 Å². The Balaban J connectivity index is 2.21. The quantitative estimate of drug-likeness (QED) is 0.622. The molecule has 0 aromatic heterocycles. The first kappa shape index (κ1) is 19.3. The standard InChI is InChI=1S/C24H26O3/c1-19(17-18-25)27-24(21-13-7-3-8-14-21,22-15-9-4-10-16-22)23(26)20-11-5-2-6-12-20/h2-16,19,23,25-26H,17-18H2,1H3/t19?,23-/m0/s1. The summed E-state index contributed by atoms with van der Waals surface area (Å²) in [6, 6.07) is 29.2. The molecule has 0 saturated carbocycles. The molecule has 3 heteroatoms. The van der Waals surface area contributed by atoms with Gasteiger partial charge < -0.3 is 14.9 Å². The van der Waals surface area contributed by atoms with E-state index in [4.69, 9.17) is 4.74 Å². The van der Waals surface area contributed by atoms with Crippen LogP contribution in [-0.4, -0.2) is 22.9 Å². The number of aliphatic hydroxyl groups excluding tert-OH is 2. The second-order valence-electron chi connectivity index (χ2n) is 6.72. The van der Waals surface area contributed by atoms with Crippen molar-refractivity contribution in [1.29, 1.82) is 0 Å². The molecular formula is C24H26O3. The molecule has 0 radical (unpaired) electrons. The minimum atomic E-state index is -1.08. The van der Waals surface area contributed by atoms with Gasteiger partial charge in [-0.05, 0) is 30.0 Å². The molecule has 3 rings (SSSR count). The minimum Gasteiger partial charge on any atom is -0.396 e. The van der Waals surface area contributed by atoms with Crippen LogP contribution in [-0.2, 0) is 10.3 Å². The van der Waals surface area contributed by atoms with Crippen LogP contribution in [0.15, 0.2) is 91.0 Å². The average molecular weight is 362 g/mol. The van der Waals surface area contributed by atoms with Crippen molar-refractivity contribution in [3.05, 3.63) is 108 Å². The van der Waals surface area contributed by atoms with E-state index in [0.29, 0.717) is 6.42 Å².